The molecule has 0 spiro atoms. The number of imidazole rings is 1. The van der Waals surface area contributed by atoms with Crippen molar-refractivity contribution in [2.24, 2.45) is 0 Å². The molecule has 2 aromatic heterocycles. The van der Waals surface area contributed by atoms with E-state index in [-0.39, 0.29) is 19.1 Å². The molecule has 3 heterocycles. The molecule has 1 aliphatic rings. The number of amides is 1. The summed E-state index contributed by atoms with van der Waals surface area (Å²) in [4.78, 5) is 17.5. The highest BCUT2D eigenvalue weighted by molar-refractivity contribution is 6.30. The van der Waals surface area contributed by atoms with E-state index in [4.69, 9.17) is 26.1 Å². The van der Waals surface area contributed by atoms with Crippen molar-refractivity contribution in [3.05, 3.63) is 77.6 Å². The van der Waals surface area contributed by atoms with Gasteiger partial charge in [0, 0.05) is 28.5 Å². The van der Waals surface area contributed by atoms with Gasteiger partial charge in [-0.1, -0.05) is 29.8 Å². The number of hydrogen-bond acceptors (Lipinski definition) is 4. The van der Waals surface area contributed by atoms with Crippen molar-refractivity contribution in [2.45, 2.75) is 6.42 Å². The highest BCUT2D eigenvalue weighted by atomic mass is 35.5. The lowest BCUT2D eigenvalue weighted by Gasteiger charge is -2.08. The van der Waals surface area contributed by atoms with Gasteiger partial charge in [0.2, 0.25) is 12.7 Å². The summed E-state index contributed by atoms with van der Waals surface area (Å²) < 4.78 is 12.6. The Labute approximate surface area is 171 Å². The Morgan fingerprint density at radius 3 is 2.76 bits per heavy atom. The summed E-state index contributed by atoms with van der Waals surface area (Å²) in [6, 6.07) is 18.5. The SMILES string of the molecule is O=C(Cc1c(-c2ccc(Cl)cc2)nc2ccccn12)Nc1ccc2c(c1)OCO2. The van der Waals surface area contributed by atoms with Crippen LogP contribution >= 0.6 is 11.6 Å². The normalized spacial score (nSPS) is 12.3. The van der Waals surface area contributed by atoms with Gasteiger partial charge in [-0.25, -0.2) is 4.98 Å². The van der Waals surface area contributed by atoms with E-state index in [1.54, 1.807) is 18.2 Å². The third kappa shape index (κ3) is 3.39. The lowest BCUT2D eigenvalue weighted by Crippen LogP contribution is -2.16. The molecule has 7 heteroatoms. The van der Waals surface area contributed by atoms with Crippen LogP contribution in [0.3, 0.4) is 0 Å². The van der Waals surface area contributed by atoms with Crippen molar-refractivity contribution < 1.29 is 14.3 Å². The molecule has 2 aromatic carbocycles. The maximum atomic E-state index is 12.8. The second kappa shape index (κ2) is 7.14. The number of benzene rings is 2. The average molecular weight is 406 g/mol. The van der Waals surface area contributed by atoms with Crippen LogP contribution in [-0.4, -0.2) is 22.1 Å². The molecule has 144 valence electrons. The smallest absolute Gasteiger partial charge is 0.231 e. The minimum absolute atomic E-state index is 0.148. The third-order valence-electron chi connectivity index (χ3n) is 4.73. The zero-order valence-corrected chi connectivity index (χ0v) is 16.0. The zero-order chi connectivity index (χ0) is 19.8. The maximum Gasteiger partial charge on any atom is 0.231 e. The van der Waals surface area contributed by atoms with E-state index in [9.17, 15) is 4.79 Å². The van der Waals surface area contributed by atoms with Gasteiger partial charge in [0.15, 0.2) is 11.5 Å². The van der Waals surface area contributed by atoms with Crippen molar-refractivity contribution in [1.29, 1.82) is 0 Å². The molecule has 0 radical (unpaired) electrons. The second-order valence-electron chi connectivity index (χ2n) is 6.64. The Morgan fingerprint density at radius 1 is 1.07 bits per heavy atom. The topological polar surface area (TPSA) is 64.9 Å². The first kappa shape index (κ1) is 17.6. The van der Waals surface area contributed by atoms with Gasteiger partial charge >= 0.3 is 0 Å². The van der Waals surface area contributed by atoms with E-state index in [1.165, 1.54) is 0 Å². The number of pyridine rings is 1. The van der Waals surface area contributed by atoms with Crippen molar-refractivity contribution >= 4 is 28.8 Å². The van der Waals surface area contributed by atoms with E-state index >= 15 is 0 Å². The van der Waals surface area contributed by atoms with Crippen LogP contribution < -0.4 is 14.8 Å². The third-order valence-corrected chi connectivity index (χ3v) is 4.98. The van der Waals surface area contributed by atoms with Crippen LogP contribution in [0.15, 0.2) is 66.9 Å². The number of carbonyl (C=O) groups is 1. The fourth-order valence-corrected chi connectivity index (χ4v) is 3.51. The van der Waals surface area contributed by atoms with Crippen molar-refractivity contribution in [1.82, 2.24) is 9.38 Å². The zero-order valence-electron chi connectivity index (χ0n) is 15.3. The fraction of sp³-hybridized carbons (Fsp3) is 0.0909. The van der Waals surface area contributed by atoms with Crippen molar-refractivity contribution in [2.75, 3.05) is 12.1 Å². The molecule has 0 fully saturated rings. The molecule has 29 heavy (non-hydrogen) atoms. The monoisotopic (exact) mass is 405 g/mol. The summed E-state index contributed by atoms with van der Waals surface area (Å²) in [6.07, 6.45) is 2.07. The molecule has 0 saturated heterocycles. The van der Waals surface area contributed by atoms with E-state index < -0.39 is 0 Å². The molecular formula is C22H16ClN3O3. The summed E-state index contributed by atoms with van der Waals surface area (Å²) in [6.45, 7) is 0.193. The number of hydrogen-bond donors (Lipinski definition) is 1. The quantitative estimate of drug-likeness (QED) is 0.540. The average Bonchev–Trinajstić information content (AvgIpc) is 3.33. The van der Waals surface area contributed by atoms with Crippen LogP contribution in [0.2, 0.25) is 5.02 Å². The Bertz CT molecular complexity index is 1220. The lowest BCUT2D eigenvalue weighted by atomic mass is 10.1. The first-order chi connectivity index (χ1) is 14.2. The Balaban J connectivity index is 1.46. The number of anilines is 1. The number of halogens is 1. The highest BCUT2D eigenvalue weighted by Gasteiger charge is 2.18. The van der Waals surface area contributed by atoms with E-state index in [0.29, 0.717) is 22.2 Å². The lowest BCUT2D eigenvalue weighted by molar-refractivity contribution is -0.115. The molecule has 0 bridgehead atoms. The Hall–Kier alpha value is -3.51. The van der Waals surface area contributed by atoms with Crippen LogP contribution in [0.25, 0.3) is 16.9 Å². The second-order valence-corrected chi connectivity index (χ2v) is 7.07. The Kier molecular flexibility index (Phi) is 4.33. The van der Waals surface area contributed by atoms with Crippen LogP contribution in [0, 0.1) is 0 Å². The molecule has 6 nitrogen and oxygen atoms in total. The van der Waals surface area contributed by atoms with E-state index in [1.807, 2.05) is 53.1 Å². The number of rotatable bonds is 4. The minimum atomic E-state index is -0.148. The predicted octanol–water partition coefficient (Wildman–Crippen LogP) is 4.56. The van der Waals surface area contributed by atoms with Crippen LogP contribution in [0.4, 0.5) is 5.69 Å². The van der Waals surface area contributed by atoms with Gasteiger partial charge in [0.25, 0.3) is 0 Å². The van der Waals surface area contributed by atoms with Gasteiger partial charge in [-0.05, 0) is 36.4 Å². The maximum absolute atomic E-state index is 12.8. The molecule has 0 atom stereocenters. The first-order valence-electron chi connectivity index (χ1n) is 9.09. The van der Waals surface area contributed by atoms with Crippen molar-refractivity contribution in [3.63, 3.8) is 0 Å². The number of ether oxygens (including phenoxy) is 2. The number of nitrogens with one attached hydrogen (secondary N) is 1. The predicted molar refractivity (Wildman–Crippen MR) is 111 cm³/mol. The van der Waals surface area contributed by atoms with Gasteiger partial charge in [-0.2, -0.15) is 0 Å². The van der Waals surface area contributed by atoms with Gasteiger partial charge in [-0.15, -0.1) is 0 Å². The fourth-order valence-electron chi connectivity index (χ4n) is 3.39. The minimum Gasteiger partial charge on any atom is -0.454 e. The summed E-state index contributed by atoms with van der Waals surface area (Å²) in [7, 11) is 0. The van der Waals surface area contributed by atoms with Gasteiger partial charge in [-0.3, -0.25) is 4.79 Å². The largest absolute Gasteiger partial charge is 0.454 e. The highest BCUT2D eigenvalue weighted by Crippen LogP contribution is 2.34. The first-order valence-corrected chi connectivity index (χ1v) is 9.46. The van der Waals surface area contributed by atoms with Crippen molar-refractivity contribution in [3.8, 4) is 22.8 Å². The molecule has 1 N–H and O–H groups in total. The Morgan fingerprint density at radius 2 is 1.90 bits per heavy atom. The molecule has 5 rings (SSSR count). The van der Waals surface area contributed by atoms with Crippen LogP contribution in [0.5, 0.6) is 11.5 Å². The summed E-state index contributed by atoms with van der Waals surface area (Å²) in [5.74, 6) is 1.15. The number of fused-ring (bicyclic) bond motifs is 2. The van der Waals surface area contributed by atoms with Gasteiger partial charge in [0.1, 0.15) is 5.65 Å². The van der Waals surface area contributed by atoms with Crippen LogP contribution in [0.1, 0.15) is 5.69 Å². The molecular weight excluding hydrogens is 390 g/mol. The number of aromatic nitrogens is 2. The molecule has 1 aliphatic heterocycles. The summed E-state index contributed by atoms with van der Waals surface area (Å²) >= 11 is 6.02. The molecule has 0 unspecified atom stereocenters. The summed E-state index contributed by atoms with van der Waals surface area (Å²) in [5, 5.41) is 3.58. The molecule has 4 aromatic rings. The number of nitrogens with zero attached hydrogens (tertiary/aromatic N) is 2. The van der Waals surface area contributed by atoms with Gasteiger partial charge in [0.05, 0.1) is 17.8 Å². The molecule has 0 saturated carbocycles. The number of carbonyl (C=O) groups excluding carboxylic acids is 1. The van der Waals surface area contributed by atoms with Gasteiger partial charge < -0.3 is 19.2 Å². The van der Waals surface area contributed by atoms with Crippen LogP contribution in [-0.2, 0) is 11.2 Å². The van der Waals surface area contributed by atoms with E-state index in [2.05, 4.69) is 5.32 Å². The summed E-state index contributed by atoms with van der Waals surface area (Å²) in [5.41, 5.74) is 3.91. The standard InChI is InChI=1S/C22H16ClN3O3/c23-15-6-4-14(5-7-15)22-17(26-10-2-1-3-20(26)25-22)12-21(27)24-16-8-9-18-19(11-16)29-13-28-18/h1-11H,12-13H2,(H,24,27). The molecule has 1 amide bonds. The van der Waals surface area contributed by atoms with E-state index in [0.717, 1.165) is 22.6 Å². The molecule has 0 aliphatic carbocycles.